The molecule has 28 heavy (non-hydrogen) atoms. The number of nitrogens with zero attached hydrogens (tertiary/aromatic N) is 2. The van der Waals surface area contributed by atoms with E-state index in [1.54, 1.807) is 19.5 Å². The van der Waals surface area contributed by atoms with E-state index in [1.165, 1.54) is 11.1 Å². The van der Waals surface area contributed by atoms with E-state index in [0.717, 1.165) is 35.5 Å². The Hall–Kier alpha value is -3.34. The number of methoxy groups -OCH3 is 1. The van der Waals surface area contributed by atoms with Crippen LogP contribution in [0.2, 0.25) is 0 Å². The first-order chi connectivity index (χ1) is 13.6. The molecule has 0 fully saturated rings. The number of imidazole rings is 1. The number of ether oxygens (including phenoxy) is 1. The monoisotopic (exact) mass is 373 g/mol. The van der Waals surface area contributed by atoms with Gasteiger partial charge in [0, 0.05) is 12.3 Å². The zero-order valence-electron chi connectivity index (χ0n) is 16.1. The van der Waals surface area contributed by atoms with Crippen molar-refractivity contribution in [3.8, 4) is 11.4 Å². The third-order valence-electron chi connectivity index (χ3n) is 5.07. The maximum atomic E-state index is 12.4. The number of benzene rings is 2. The van der Waals surface area contributed by atoms with Crippen LogP contribution in [0.15, 0.2) is 61.1 Å². The molecule has 0 spiro atoms. The molecule has 1 aliphatic carbocycles. The summed E-state index contributed by atoms with van der Waals surface area (Å²) >= 11 is 0. The maximum absolute atomic E-state index is 12.4. The molecule has 0 aliphatic heterocycles. The second kappa shape index (κ2) is 7.72. The number of nitrogens with one attached hydrogen (secondary N) is 1. The number of carbonyl (C=O) groups is 1. The molecule has 0 unspecified atom stereocenters. The quantitative estimate of drug-likeness (QED) is 0.688. The summed E-state index contributed by atoms with van der Waals surface area (Å²) in [6.07, 6.45) is 9.05. The van der Waals surface area contributed by atoms with Crippen molar-refractivity contribution in [3.63, 3.8) is 0 Å². The molecule has 1 aromatic heterocycles. The molecule has 1 aliphatic rings. The van der Waals surface area contributed by atoms with E-state index in [1.807, 2.05) is 54.1 Å². The third-order valence-corrected chi connectivity index (χ3v) is 5.07. The van der Waals surface area contributed by atoms with Gasteiger partial charge in [-0.25, -0.2) is 4.98 Å². The van der Waals surface area contributed by atoms with E-state index in [0.29, 0.717) is 0 Å². The van der Waals surface area contributed by atoms with Crippen molar-refractivity contribution in [2.45, 2.75) is 25.8 Å². The second-order valence-electron chi connectivity index (χ2n) is 6.99. The Labute approximate surface area is 164 Å². The van der Waals surface area contributed by atoms with Crippen molar-refractivity contribution in [3.05, 3.63) is 83.4 Å². The van der Waals surface area contributed by atoms with Gasteiger partial charge in [-0.15, -0.1) is 0 Å². The lowest BCUT2D eigenvalue weighted by atomic mass is 10.1. The lowest BCUT2D eigenvalue weighted by Crippen LogP contribution is -2.25. The van der Waals surface area contributed by atoms with Crippen LogP contribution in [-0.4, -0.2) is 22.6 Å². The number of hydrogen-bond donors (Lipinski definition) is 1. The van der Waals surface area contributed by atoms with Gasteiger partial charge >= 0.3 is 0 Å². The zero-order chi connectivity index (χ0) is 19.5. The molecule has 142 valence electrons. The largest absolute Gasteiger partial charge is 0.495 e. The van der Waals surface area contributed by atoms with Crippen LogP contribution in [0.1, 0.15) is 34.8 Å². The SMILES string of the molecule is COc1cc(/C=C/C(=O)N[C@H]2CCc3ccccc32)ccc1-n1cnc(C)c1. The lowest BCUT2D eigenvalue weighted by molar-refractivity contribution is -0.117. The van der Waals surface area contributed by atoms with Gasteiger partial charge in [0.2, 0.25) is 5.91 Å². The summed E-state index contributed by atoms with van der Waals surface area (Å²) in [6.45, 7) is 1.95. The highest BCUT2D eigenvalue weighted by atomic mass is 16.5. The fourth-order valence-corrected chi connectivity index (χ4v) is 3.66. The first-order valence-corrected chi connectivity index (χ1v) is 9.39. The van der Waals surface area contributed by atoms with Crippen LogP contribution in [0, 0.1) is 6.92 Å². The van der Waals surface area contributed by atoms with Gasteiger partial charge in [0.25, 0.3) is 0 Å². The minimum atomic E-state index is -0.0880. The minimum absolute atomic E-state index is 0.0880. The normalized spacial score (nSPS) is 15.6. The van der Waals surface area contributed by atoms with E-state index >= 15 is 0 Å². The second-order valence-corrected chi connectivity index (χ2v) is 6.99. The Bertz CT molecular complexity index is 1040. The summed E-state index contributed by atoms with van der Waals surface area (Å²) in [5.41, 5.74) is 5.31. The molecule has 1 heterocycles. The number of fused-ring (bicyclic) bond motifs is 1. The summed E-state index contributed by atoms with van der Waals surface area (Å²) in [5.74, 6) is 0.639. The number of aryl methyl sites for hydroxylation is 2. The summed E-state index contributed by atoms with van der Waals surface area (Å²) in [5, 5.41) is 3.10. The molecule has 0 bridgehead atoms. The Balaban J connectivity index is 1.46. The average Bonchev–Trinajstić information content (AvgIpc) is 3.33. The molecule has 4 rings (SSSR count). The predicted molar refractivity (Wildman–Crippen MR) is 110 cm³/mol. The molecule has 3 aromatic rings. The molecule has 0 radical (unpaired) electrons. The van der Waals surface area contributed by atoms with Gasteiger partial charge in [0.1, 0.15) is 5.75 Å². The third kappa shape index (κ3) is 3.69. The molecular weight excluding hydrogens is 350 g/mol. The topological polar surface area (TPSA) is 56.1 Å². The van der Waals surface area contributed by atoms with Crippen LogP contribution in [0.5, 0.6) is 5.75 Å². The molecule has 5 nitrogen and oxygen atoms in total. The maximum Gasteiger partial charge on any atom is 0.244 e. The lowest BCUT2D eigenvalue weighted by Gasteiger charge is -2.12. The number of rotatable bonds is 5. The highest BCUT2D eigenvalue weighted by Crippen LogP contribution is 2.30. The van der Waals surface area contributed by atoms with E-state index in [9.17, 15) is 4.79 Å². The number of carbonyl (C=O) groups excluding carboxylic acids is 1. The summed E-state index contributed by atoms with van der Waals surface area (Å²) in [4.78, 5) is 16.6. The van der Waals surface area contributed by atoms with Crippen molar-refractivity contribution in [1.29, 1.82) is 0 Å². The van der Waals surface area contributed by atoms with Crippen molar-refractivity contribution < 1.29 is 9.53 Å². The van der Waals surface area contributed by atoms with Gasteiger partial charge < -0.3 is 14.6 Å². The summed E-state index contributed by atoms with van der Waals surface area (Å²) in [6, 6.07) is 14.2. The predicted octanol–water partition coefficient (Wildman–Crippen LogP) is 4.01. The number of aromatic nitrogens is 2. The van der Waals surface area contributed by atoms with Gasteiger partial charge in [-0.3, -0.25) is 4.79 Å². The number of amides is 1. The van der Waals surface area contributed by atoms with Gasteiger partial charge in [-0.2, -0.15) is 0 Å². The van der Waals surface area contributed by atoms with E-state index in [2.05, 4.69) is 22.4 Å². The van der Waals surface area contributed by atoms with Gasteiger partial charge in [-0.1, -0.05) is 30.3 Å². The summed E-state index contributed by atoms with van der Waals surface area (Å²) < 4.78 is 7.44. The van der Waals surface area contributed by atoms with Crippen molar-refractivity contribution >= 4 is 12.0 Å². The molecule has 2 aromatic carbocycles. The Morgan fingerprint density at radius 3 is 2.93 bits per heavy atom. The minimum Gasteiger partial charge on any atom is -0.495 e. The Morgan fingerprint density at radius 1 is 1.29 bits per heavy atom. The average molecular weight is 373 g/mol. The highest BCUT2D eigenvalue weighted by molar-refractivity contribution is 5.92. The standard InChI is InChI=1S/C23H23N3O2/c1-16-14-26(15-24-16)21-11-7-17(13-22(21)28-2)8-12-23(27)25-20-10-9-18-5-3-4-6-19(18)20/h3-8,11-15,20H,9-10H2,1-2H3,(H,25,27)/b12-8+/t20-/m0/s1. The molecule has 5 heteroatoms. The fourth-order valence-electron chi connectivity index (χ4n) is 3.66. The first-order valence-electron chi connectivity index (χ1n) is 9.39. The van der Waals surface area contributed by atoms with Gasteiger partial charge in [0.05, 0.1) is 30.9 Å². The van der Waals surface area contributed by atoms with E-state index < -0.39 is 0 Å². The first kappa shape index (κ1) is 18.0. The Kier molecular flexibility index (Phi) is 4.98. The molecule has 1 amide bonds. The van der Waals surface area contributed by atoms with Gasteiger partial charge in [-0.05, 0) is 54.7 Å². The molecule has 0 saturated heterocycles. The van der Waals surface area contributed by atoms with Crippen molar-refractivity contribution in [2.24, 2.45) is 0 Å². The highest BCUT2D eigenvalue weighted by Gasteiger charge is 2.22. The smallest absolute Gasteiger partial charge is 0.244 e. The van der Waals surface area contributed by atoms with Gasteiger partial charge in [0.15, 0.2) is 0 Å². The fraction of sp³-hybridized carbons (Fsp3) is 0.217. The van der Waals surface area contributed by atoms with Crippen molar-refractivity contribution in [2.75, 3.05) is 7.11 Å². The van der Waals surface area contributed by atoms with Crippen LogP contribution in [0.25, 0.3) is 11.8 Å². The van der Waals surface area contributed by atoms with Crippen molar-refractivity contribution in [1.82, 2.24) is 14.9 Å². The van der Waals surface area contributed by atoms with Crippen LogP contribution >= 0.6 is 0 Å². The molecule has 1 atom stereocenters. The number of hydrogen-bond acceptors (Lipinski definition) is 3. The molecule has 1 N–H and O–H groups in total. The van der Waals surface area contributed by atoms with E-state index in [-0.39, 0.29) is 11.9 Å². The van der Waals surface area contributed by atoms with E-state index in [4.69, 9.17) is 4.74 Å². The molecular formula is C23H23N3O2. The summed E-state index contributed by atoms with van der Waals surface area (Å²) in [7, 11) is 1.64. The van der Waals surface area contributed by atoms with Crippen LogP contribution < -0.4 is 10.1 Å². The molecule has 0 saturated carbocycles. The van der Waals surface area contributed by atoms with Crippen LogP contribution in [0.3, 0.4) is 0 Å². The zero-order valence-corrected chi connectivity index (χ0v) is 16.1. The Morgan fingerprint density at radius 2 is 2.14 bits per heavy atom. The van der Waals surface area contributed by atoms with Crippen LogP contribution in [-0.2, 0) is 11.2 Å². The van der Waals surface area contributed by atoms with Crippen LogP contribution in [0.4, 0.5) is 0 Å².